The molecule has 0 spiro atoms. The van der Waals surface area contributed by atoms with Crippen LogP contribution in [0.1, 0.15) is 120 Å². The van der Waals surface area contributed by atoms with Crippen molar-refractivity contribution in [1.82, 2.24) is 0 Å². The van der Waals surface area contributed by atoms with Crippen LogP contribution in [0.15, 0.2) is 12.1 Å². The summed E-state index contributed by atoms with van der Waals surface area (Å²) in [5.41, 5.74) is -1.50. The maximum atomic E-state index is 13.8. The molecule has 0 aliphatic heterocycles. The SMILES string of the molecule is CCCC1CCC(CCF)CC1.Fc1cc(C2CCC(C3CCC(F)CC3)CC2)cc(F)c1C(F)(F)F. The Hall–Kier alpha value is -1.27. The molecule has 0 amide bonds. The Balaban J connectivity index is 0.000000266. The molecule has 1 aromatic rings. The van der Waals surface area contributed by atoms with Crippen LogP contribution < -0.4 is 0 Å². The van der Waals surface area contributed by atoms with Crippen molar-refractivity contribution in [2.75, 3.05) is 6.67 Å². The summed E-state index contributed by atoms with van der Waals surface area (Å²) < 4.78 is 90.8. The molecule has 0 nitrogen and oxygen atoms in total. The molecule has 0 N–H and O–H groups in total. The largest absolute Gasteiger partial charge is 0.422 e. The fraction of sp³-hybridized carbons (Fsp3) is 0.800. The van der Waals surface area contributed by atoms with Crippen molar-refractivity contribution in [3.63, 3.8) is 0 Å². The van der Waals surface area contributed by atoms with Gasteiger partial charge in [-0.15, -0.1) is 0 Å². The Bertz CT molecular complexity index is 760. The zero-order valence-electron chi connectivity index (χ0n) is 22.1. The Morgan fingerprint density at radius 2 is 1.16 bits per heavy atom. The topological polar surface area (TPSA) is 0 Å². The molecule has 3 aliphatic rings. The van der Waals surface area contributed by atoms with Gasteiger partial charge >= 0.3 is 6.18 Å². The molecule has 3 fully saturated rings. The quantitative estimate of drug-likeness (QED) is 0.317. The zero-order valence-corrected chi connectivity index (χ0v) is 22.1. The Labute approximate surface area is 217 Å². The van der Waals surface area contributed by atoms with E-state index in [2.05, 4.69) is 6.92 Å². The van der Waals surface area contributed by atoms with Gasteiger partial charge in [0, 0.05) is 0 Å². The molecule has 4 rings (SSSR count). The van der Waals surface area contributed by atoms with Gasteiger partial charge < -0.3 is 0 Å². The first kappa shape index (κ1) is 30.3. The van der Waals surface area contributed by atoms with Crippen molar-refractivity contribution < 1.29 is 30.7 Å². The molecule has 0 radical (unpaired) electrons. The first-order chi connectivity index (χ1) is 17.6. The molecule has 0 unspecified atom stereocenters. The van der Waals surface area contributed by atoms with E-state index < -0.39 is 29.5 Å². The first-order valence-corrected chi connectivity index (χ1v) is 14.4. The third-order valence-corrected chi connectivity index (χ3v) is 9.14. The highest BCUT2D eigenvalue weighted by Gasteiger charge is 2.39. The molecule has 3 aliphatic carbocycles. The molecule has 0 aromatic heterocycles. The molecule has 3 saturated carbocycles. The third kappa shape index (κ3) is 8.88. The van der Waals surface area contributed by atoms with Crippen LogP contribution >= 0.6 is 0 Å². The van der Waals surface area contributed by atoms with Crippen LogP contribution in [-0.2, 0) is 6.18 Å². The summed E-state index contributed by atoms with van der Waals surface area (Å²) in [6.07, 6.45) is 9.30. The predicted molar refractivity (Wildman–Crippen MR) is 134 cm³/mol. The minimum atomic E-state index is -5.03. The van der Waals surface area contributed by atoms with Crippen molar-refractivity contribution in [2.24, 2.45) is 23.7 Å². The van der Waals surface area contributed by atoms with Crippen LogP contribution in [0.2, 0.25) is 0 Å². The fourth-order valence-corrected chi connectivity index (χ4v) is 6.94. The maximum Gasteiger partial charge on any atom is 0.422 e. The first-order valence-electron chi connectivity index (χ1n) is 14.4. The average Bonchev–Trinajstić information content (AvgIpc) is 2.85. The minimum absolute atomic E-state index is 0.108. The summed E-state index contributed by atoms with van der Waals surface area (Å²) >= 11 is 0. The number of alkyl halides is 5. The average molecular weight is 537 g/mol. The second-order valence-electron chi connectivity index (χ2n) is 11.6. The van der Waals surface area contributed by atoms with Crippen LogP contribution in [0.25, 0.3) is 0 Å². The molecule has 212 valence electrons. The number of rotatable bonds is 6. The monoisotopic (exact) mass is 536 g/mol. The van der Waals surface area contributed by atoms with Gasteiger partial charge in [0.2, 0.25) is 0 Å². The number of hydrogen-bond acceptors (Lipinski definition) is 0. The normalized spacial score (nSPS) is 30.9. The number of hydrogen-bond donors (Lipinski definition) is 0. The van der Waals surface area contributed by atoms with E-state index >= 15 is 0 Å². The lowest BCUT2D eigenvalue weighted by Crippen LogP contribution is -2.26. The Morgan fingerprint density at radius 3 is 1.59 bits per heavy atom. The fourth-order valence-electron chi connectivity index (χ4n) is 6.94. The summed E-state index contributed by atoms with van der Waals surface area (Å²) in [6, 6.07) is 1.68. The highest BCUT2D eigenvalue weighted by molar-refractivity contribution is 5.30. The molecule has 0 saturated heterocycles. The molecule has 37 heavy (non-hydrogen) atoms. The van der Waals surface area contributed by atoms with E-state index in [9.17, 15) is 30.7 Å². The van der Waals surface area contributed by atoms with Crippen LogP contribution in [0, 0.1) is 35.3 Å². The van der Waals surface area contributed by atoms with Crippen LogP contribution in [0.4, 0.5) is 30.7 Å². The number of benzene rings is 1. The maximum absolute atomic E-state index is 13.8. The van der Waals surface area contributed by atoms with Gasteiger partial charge in [-0.1, -0.05) is 45.4 Å². The molecular formula is C30H43F7. The van der Waals surface area contributed by atoms with Crippen molar-refractivity contribution in [3.05, 3.63) is 34.9 Å². The highest BCUT2D eigenvalue weighted by Crippen LogP contribution is 2.44. The third-order valence-electron chi connectivity index (χ3n) is 9.14. The molecule has 7 heteroatoms. The summed E-state index contributed by atoms with van der Waals surface area (Å²) in [6.45, 7) is 2.15. The zero-order chi connectivity index (χ0) is 27.0. The standard InChI is InChI=1S/C19H22F6.C11H21F/c20-15-7-5-12(6-8-15)11-1-3-13(4-2-11)14-9-16(21)18(17(22)10-14)19(23,24)25;1-2-3-10-4-6-11(7-5-10)8-9-12/h9-13,15H,1-8H2;10-11H,2-9H2,1H3. The van der Waals surface area contributed by atoms with E-state index in [1.807, 2.05) is 0 Å². The minimum Gasteiger partial charge on any atom is -0.251 e. The van der Waals surface area contributed by atoms with E-state index in [-0.39, 0.29) is 12.6 Å². The smallest absolute Gasteiger partial charge is 0.251 e. The van der Waals surface area contributed by atoms with Crippen LogP contribution in [0.5, 0.6) is 0 Å². The lowest BCUT2D eigenvalue weighted by Gasteiger charge is -2.36. The van der Waals surface area contributed by atoms with E-state index in [0.29, 0.717) is 49.0 Å². The van der Waals surface area contributed by atoms with Gasteiger partial charge in [-0.3, -0.25) is 4.39 Å². The van der Waals surface area contributed by atoms with Crippen molar-refractivity contribution in [3.8, 4) is 0 Å². The number of halogens is 7. The predicted octanol–water partition coefficient (Wildman–Crippen LogP) is 10.7. The molecule has 0 atom stereocenters. The summed E-state index contributed by atoms with van der Waals surface area (Å²) in [7, 11) is 0. The van der Waals surface area contributed by atoms with Gasteiger partial charge in [0.1, 0.15) is 23.4 Å². The molecule has 0 bridgehead atoms. The van der Waals surface area contributed by atoms with E-state index in [1.54, 1.807) is 0 Å². The summed E-state index contributed by atoms with van der Waals surface area (Å²) in [4.78, 5) is 0. The van der Waals surface area contributed by atoms with Gasteiger partial charge in [-0.2, -0.15) is 13.2 Å². The summed E-state index contributed by atoms with van der Waals surface area (Å²) in [5, 5.41) is 0. The second kappa shape index (κ2) is 14.2. The van der Waals surface area contributed by atoms with Crippen molar-refractivity contribution >= 4 is 0 Å². The van der Waals surface area contributed by atoms with Gasteiger partial charge in [-0.05, 0) is 105 Å². The van der Waals surface area contributed by atoms with E-state index in [4.69, 9.17) is 0 Å². The Kier molecular flexibility index (Phi) is 11.6. The van der Waals surface area contributed by atoms with Gasteiger partial charge in [0.05, 0.1) is 6.67 Å². The molecule has 0 heterocycles. The Morgan fingerprint density at radius 1 is 0.703 bits per heavy atom. The van der Waals surface area contributed by atoms with Crippen LogP contribution in [0.3, 0.4) is 0 Å². The molecule has 1 aromatic carbocycles. The van der Waals surface area contributed by atoms with Gasteiger partial charge in [0.15, 0.2) is 0 Å². The lowest BCUT2D eigenvalue weighted by atomic mass is 9.69. The van der Waals surface area contributed by atoms with Crippen molar-refractivity contribution in [2.45, 2.75) is 122 Å². The second-order valence-corrected chi connectivity index (χ2v) is 11.6. The highest BCUT2D eigenvalue weighted by atomic mass is 19.4. The van der Waals surface area contributed by atoms with E-state index in [1.165, 1.54) is 38.5 Å². The van der Waals surface area contributed by atoms with Gasteiger partial charge in [-0.25, -0.2) is 13.2 Å². The van der Waals surface area contributed by atoms with E-state index in [0.717, 1.165) is 50.2 Å². The summed E-state index contributed by atoms with van der Waals surface area (Å²) in [5.74, 6) is -0.507. The van der Waals surface area contributed by atoms with Crippen molar-refractivity contribution in [1.29, 1.82) is 0 Å². The lowest BCUT2D eigenvalue weighted by molar-refractivity contribution is -0.142. The van der Waals surface area contributed by atoms with Gasteiger partial charge in [0.25, 0.3) is 0 Å². The van der Waals surface area contributed by atoms with Crippen LogP contribution in [-0.4, -0.2) is 12.8 Å². The molecular weight excluding hydrogens is 493 g/mol.